The second-order valence-corrected chi connectivity index (χ2v) is 32.1. The number of nitrogens with zero attached hydrogens (tertiary/aromatic N) is 4. The molecule has 19 aromatic carbocycles. The standard InChI is InChI=1S/C66H46N2S.C48H34N2S/c1-4-15-47(16-5-1)50-27-36-56(37-28-50)67(57-38-29-51(30-39-57)48-17-6-2-7-18-48)60-22-14-21-55(45-60)61-23-10-12-25-64(61)68(58-40-31-52(32-41-58)49-19-8-3-9-20-49)59-42-33-53(34-43-59)54-35-44-63-62-24-11-13-26-65(62)69-66(63)46-54;1-4-16-38(17-5-1)49(39-18-6-2-7-19-39)42-22-14-15-37(33-42)43-23-10-12-25-46(43)50(40-20-8-3-9-21-40)41-30-27-35(28-31-41)36-29-32-45-44-24-11-13-26-47(44)51-48(45)34-36/h1-46H;1-34H. The van der Waals surface area contributed by atoms with Crippen LogP contribution in [0.15, 0.2) is 485 Å². The van der Waals surface area contributed by atoms with Crippen LogP contribution >= 0.6 is 22.7 Å². The Hall–Kier alpha value is -15.2. The summed E-state index contributed by atoms with van der Waals surface area (Å²) < 4.78 is 5.27. The number of para-hydroxylation sites is 5. The summed E-state index contributed by atoms with van der Waals surface area (Å²) in [6, 6.07) is 175. The molecule has 0 aliphatic carbocycles. The van der Waals surface area contributed by atoms with Crippen molar-refractivity contribution in [3.8, 4) is 77.9 Å². The predicted molar refractivity (Wildman–Crippen MR) is 515 cm³/mol. The fourth-order valence-corrected chi connectivity index (χ4v) is 18.9. The van der Waals surface area contributed by atoms with E-state index in [9.17, 15) is 0 Å². The lowest BCUT2D eigenvalue weighted by Gasteiger charge is -2.29. The summed E-state index contributed by atoms with van der Waals surface area (Å²) in [5.41, 5.74) is 29.7. The monoisotopic (exact) mass is 1570 g/mol. The molecule has 0 radical (unpaired) electrons. The van der Waals surface area contributed by atoms with E-state index in [4.69, 9.17) is 0 Å². The Bertz CT molecular complexity index is 6980. The molecule has 0 amide bonds. The molecule has 2 heterocycles. The van der Waals surface area contributed by atoms with Crippen molar-refractivity contribution < 1.29 is 0 Å². The number of hydrogen-bond donors (Lipinski definition) is 0. The Labute approximate surface area is 708 Å². The highest BCUT2D eigenvalue weighted by atomic mass is 32.1. The molecule has 0 saturated heterocycles. The Morgan fingerprint density at radius 3 is 0.692 bits per heavy atom. The SMILES string of the molecule is c1ccc(-c2ccc(N(c3ccc(-c4ccccc4)cc3)c3cccc(-c4ccccc4N(c4ccc(-c5ccccc5)cc4)c4ccc(-c5ccc6c(c5)sc5ccccc56)cc4)c3)cc2)cc1.c1ccc(N(c2ccccc2)c2cccc(-c3ccccc3N(c3ccccc3)c3ccc(-c4ccc5c(c4)sc4ccccc45)cc3)c2)cc1. The van der Waals surface area contributed by atoms with Crippen LogP contribution in [0.25, 0.3) is 118 Å². The van der Waals surface area contributed by atoms with Gasteiger partial charge in [-0.15, -0.1) is 22.7 Å². The second-order valence-electron chi connectivity index (χ2n) is 29.9. The van der Waals surface area contributed by atoms with Crippen LogP contribution in [-0.4, -0.2) is 0 Å². The molecule has 120 heavy (non-hydrogen) atoms. The second kappa shape index (κ2) is 33.6. The first-order valence-corrected chi connectivity index (χ1v) is 42.4. The van der Waals surface area contributed by atoms with Crippen molar-refractivity contribution in [1.29, 1.82) is 0 Å². The molecule has 0 atom stereocenters. The minimum atomic E-state index is 1.07. The van der Waals surface area contributed by atoms with E-state index in [1.54, 1.807) is 0 Å². The van der Waals surface area contributed by atoms with Gasteiger partial charge in [-0.2, -0.15) is 0 Å². The fourth-order valence-electron chi connectivity index (χ4n) is 16.6. The van der Waals surface area contributed by atoms with E-state index in [1.165, 1.54) is 96.0 Å². The first-order chi connectivity index (χ1) is 59.5. The van der Waals surface area contributed by atoms with Gasteiger partial charge in [0.05, 0.1) is 11.4 Å². The minimum Gasteiger partial charge on any atom is -0.310 e. The maximum atomic E-state index is 2.40. The lowest BCUT2D eigenvalue weighted by molar-refractivity contribution is 1.27. The smallest absolute Gasteiger partial charge is 0.0540 e. The molecule has 0 unspecified atom stereocenters. The largest absolute Gasteiger partial charge is 0.310 e. The summed E-state index contributed by atoms with van der Waals surface area (Å²) >= 11 is 3.72. The average molecular weight is 1570 g/mol. The fraction of sp³-hybridized carbons (Fsp3) is 0. The molecule has 0 bridgehead atoms. The van der Waals surface area contributed by atoms with Gasteiger partial charge in [-0.1, -0.05) is 328 Å². The van der Waals surface area contributed by atoms with Crippen molar-refractivity contribution in [2.75, 3.05) is 19.6 Å². The lowest BCUT2D eigenvalue weighted by Crippen LogP contribution is -2.12. The molecular weight excluding hydrogens is 1490 g/mol. The molecule has 0 aliphatic heterocycles. The third-order valence-corrected chi connectivity index (χ3v) is 24.8. The number of rotatable bonds is 19. The summed E-state index contributed by atoms with van der Waals surface area (Å²) in [4.78, 5) is 9.45. The molecule has 0 fully saturated rings. The highest BCUT2D eigenvalue weighted by Crippen LogP contribution is 2.48. The molecule has 0 saturated carbocycles. The van der Waals surface area contributed by atoms with E-state index in [0.717, 1.165) is 90.5 Å². The topological polar surface area (TPSA) is 13.0 Å². The zero-order valence-electron chi connectivity index (χ0n) is 65.8. The van der Waals surface area contributed by atoms with Crippen molar-refractivity contribution in [3.63, 3.8) is 0 Å². The van der Waals surface area contributed by atoms with E-state index in [0.29, 0.717) is 0 Å². The molecule has 21 rings (SSSR count). The Morgan fingerprint density at radius 2 is 0.350 bits per heavy atom. The number of benzene rings is 19. The van der Waals surface area contributed by atoms with E-state index < -0.39 is 0 Å². The molecule has 0 spiro atoms. The molecule has 0 aliphatic rings. The average Bonchev–Trinajstić information content (AvgIpc) is 1.74. The van der Waals surface area contributed by atoms with Gasteiger partial charge in [-0.05, 0) is 224 Å². The molecule has 4 nitrogen and oxygen atoms in total. The van der Waals surface area contributed by atoms with Gasteiger partial charge in [0.15, 0.2) is 0 Å². The predicted octanol–water partition coefficient (Wildman–Crippen LogP) is 33.7. The number of thiophene rings is 2. The van der Waals surface area contributed by atoms with Crippen LogP contribution in [0.5, 0.6) is 0 Å². The van der Waals surface area contributed by atoms with E-state index in [-0.39, 0.29) is 0 Å². The van der Waals surface area contributed by atoms with Crippen molar-refractivity contribution in [2.24, 2.45) is 0 Å². The molecule has 0 N–H and O–H groups in total. The van der Waals surface area contributed by atoms with Crippen molar-refractivity contribution >= 4 is 131 Å². The van der Waals surface area contributed by atoms with Crippen molar-refractivity contribution in [2.45, 2.75) is 0 Å². The van der Waals surface area contributed by atoms with E-state index in [2.05, 4.69) is 505 Å². The van der Waals surface area contributed by atoms with Gasteiger partial charge in [0.25, 0.3) is 0 Å². The normalized spacial score (nSPS) is 11.2. The summed E-state index contributed by atoms with van der Waals surface area (Å²) in [7, 11) is 0. The van der Waals surface area contributed by atoms with Crippen molar-refractivity contribution in [3.05, 3.63) is 485 Å². The molecule has 568 valence electrons. The van der Waals surface area contributed by atoms with Gasteiger partial charge in [-0.3, -0.25) is 0 Å². The van der Waals surface area contributed by atoms with E-state index in [1.807, 2.05) is 22.7 Å². The van der Waals surface area contributed by atoms with Gasteiger partial charge >= 0.3 is 0 Å². The summed E-state index contributed by atoms with van der Waals surface area (Å²) in [6.07, 6.45) is 0. The first kappa shape index (κ1) is 73.7. The Balaban J connectivity index is 0.000000160. The van der Waals surface area contributed by atoms with Gasteiger partial charge in [0.1, 0.15) is 0 Å². The molecule has 21 aromatic rings. The minimum absolute atomic E-state index is 1.07. The number of fused-ring (bicyclic) bond motifs is 6. The molecule has 6 heteroatoms. The summed E-state index contributed by atoms with van der Waals surface area (Å²) in [5, 5.41) is 5.28. The summed E-state index contributed by atoms with van der Waals surface area (Å²) in [5.74, 6) is 0. The number of anilines is 12. The van der Waals surface area contributed by atoms with Crippen LogP contribution in [0.2, 0.25) is 0 Å². The van der Waals surface area contributed by atoms with Crippen LogP contribution in [0, 0.1) is 0 Å². The first-order valence-electron chi connectivity index (χ1n) is 40.7. The van der Waals surface area contributed by atoms with Crippen LogP contribution in [-0.2, 0) is 0 Å². The van der Waals surface area contributed by atoms with Crippen LogP contribution in [0.3, 0.4) is 0 Å². The third-order valence-electron chi connectivity index (χ3n) is 22.5. The van der Waals surface area contributed by atoms with Crippen molar-refractivity contribution in [1.82, 2.24) is 0 Å². The molecular formula is C114H80N4S2. The zero-order chi connectivity index (χ0) is 79.9. The quantitative estimate of drug-likeness (QED) is 0.0800. The maximum absolute atomic E-state index is 2.40. The Morgan fingerprint density at radius 1 is 0.125 bits per heavy atom. The summed E-state index contributed by atoms with van der Waals surface area (Å²) in [6.45, 7) is 0. The Kier molecular flexibility index (Phi) is 20.6. The highest BCUT2D eigenvalue weighted by molar-refractivity contribution is 7.26. The van der Waals surface area contributed by atoms with E-state index >= 15 is 0 Å². The van der Waals surface area contributed by atoms with Crippen LogP contribution in [0.1, 0.15) is 0 Å². The number of hydrogen-bond acceptors (Lipinski definition) is 6. The lowest BCUT2D eigenvalue weighted by atomic mass is 9.99. The third kappa shape index (κ3) is 15.2. The van der Waals surface area contributed by atoms with Gasteiger partial charge in [0, 0.05) is 108 Å². The zero-order valence-corrected chi connectivity index (χ0v) is 67.4. The maximum Gasteiger partial charge on any atom is 0.0540 e. The highest BCUT2D eigenvalue weighted by Gasteiger charge is 2.24. The molecule has 2 aromatic heterocycles. The van der Waals surface area contributed by atoms with Crippen LogP contribution in [0.4, 0.5) is 68.2 Å². The van der Waals surface area contributed by atoms with Gasteiger partial charge in [0.2, 0.25) is 0 Å². The van der Waals surface area contributed by atoms with Gasteiger partial charge in [-0.25, -0.2) is 0 Å². The van der Waals surface area contributed by atoms with Gasteiger partial charge < -0.3 is 19.6 Å². The van der Waals surface area contributed by atoms with Crippen LogP contribution < -0.4 is 19.6 Å².